The summed E-state index contributed by atoms with van der Waals surface area (Å²) < 4.78 is 5.34. The number of carbonyl (C=O) groups is 3. The predicted molar refractivity (Wildman–Crippen MR) is 111 cm³/mol. The van der Waals surface area contributed by atoms with E-state index >= 15 is 0 Å². The average molecular weight is 410 g/mol. The van der Waals surface area contributed by atoms with Gasteiger partial charge in [-0.05, 0) is 30.9 Å². The van der Waals surface area contributed by atoms with Gasteiger partial charge in [0.05, 0.1) is 0 Å². The number of likely N-dealkylation sites (tertiary alicyclic amines) is 1. The lowest BCUT2D eigenvalue weighted by atomic mass is 10.0. The summed E-state index contributed by atoms with van der Waals surface area (Å²) in [5.41, 5.74) is 2.75. The smallest absolute Gasteiger partial charge is 0.410 e. The molecule has 7 heteroatoms. The van der Waals surface area contributed by atoms with Gasteiger partial charge >= 0.3 is 12.1 Å². The minimum Gasteiger partial charge on any atom is -0.480 e. The highest BCUT2D eigenvalue weighted by molar-refractivity contribution is 5.89. The quantitative estimate of drug-likeness (QED) is 0.732. The zero-order valence-corrected chi connectivity index (χ0v) is 16.9. The maximum atomic E-state index is 12.8. The number of hydrogen-bond donors (Lipinski definition) is 2. The Bertz CT molecular complexity index is 882. The van der Waals surface area contributed by atoms with Gasteiger partial charge in [0, 0.05) is 13.0 Å². The molecule has 2 amide bonds. The number of aliphatic carboxylic acids is 1. The van der Waals surface area contributed by atoms with Crippen molar-refractivity contribution < 1.29 is 24.2 Å². The highest BCUT2D eigenvalue weighted by atomic mass is 16.6. The highest BCUT2D eigenvalue weighted by Crippen LogP contribution is 2.19. The molecular formula is C23H26N2O5. The molecule has 1 saturated heterocycles. The molecule has 1 fully saturated rings. The van der Waals surface area contributed by atoms with E-state index in [-0.39, 0.29) is 13.0 Å². The lowest BCUT2D eigenvalue weighted by Gasteiger charge is -2.25. The number of carboxylic acid groups (broad SMARTS) is 1. The molecule has 2 N–H and O–H groups in total. The normalized spacial score (nSPS) is 16.7. The number of amides is 2. The van der Waals surface area contributed by atoms with Gasteiger partial charge in [-0.1, -0.05) is 60.2 Å². The molecule has 1 heterocycles. The summed E-state index contributed by atoms with van der Waals surface area (Å²) in [5, 5.41) is 12.1. The molecule has 2 aromatic carbocycles. The minimum absolute atomic E-state index is 0.121. The van der Waals surface area contributed by atoms with Crippen molar-refractivity contribution in [2.24, 2.45) is 0 Å². The van der Waals surface area contributed by atoms with Crippen LogP contribution in [0.1, 0.15) is 29.5 Å². The molecule has 0 aromatic heterocycles. The van der Waals surface area contributed by atoms with E-state index in [0.29, 0.717) is 19.4 Å². The van der Waals surface area contributed by atoms with Crippen molar-refractivity contribution in [2.75, 3.05) is 6.54 Å². The highest BCUT2D eigenvalue weighted by Gasteiger charge is 2.36. The van der Waals surface area contributed by atoms with Crippen LogP contribution >= 0.6 is 0 Å². The summed E-state index contributed by atoms with van der Waals surface area (Å²) >= 11 is 0. The van der Waals surface area contributed by atoms with Crippen molar-refractivity contribution in [1.82, 2.24) is 10.2 Å². The van der Waals surface area contributed by atoms with E-state index in [9.17, 15) is 19.5 Å². The fourth-order valence-electron chi connectivity index (χ4n) is 3.49. The minimum atomic E-state index is -1.11. The van der Waals surface area contributed by atoms with E-state index in [2.05, 4.69) is 5.32 Å². The molecule has 0 spiro atoms. The van der Waals surface area contributed by atoms with Crippen molar-refractivity contribution in [3.8, 4) is 0 Å². The van der Waals surface area contributed by atoms with Crippen molar-refractivity contribution in [2.45, 2.75) is 44.9 Å². The van der Waals surface area contributed by atoms with E-state index < -0.39 is 30.1 Å². The van der Waals surface area contributed by atoms with Crippen LogP contribution in [0.2, 0.25) is 0 Å². The molecule has 0 unspecified atom stereocenters. The Morgan fingerprint density at radius 2 is 1.80 bits per heavy atom. The average Bonchev–Trinajstić information content (AvgIpc) is 3.24. The second-order valence-corrected chi connectivity index (χ2v) is 7.48. The number of hydrogen-bond acceptors (Lipinski definition) is 4. The van der Waals surface area contributed by atoms with Crippen molar-refractivity contribution in [1.29, 1.82) is 0 Å². The molecule has 7 nitrogen and oxygen atoms in total. The number of ether oxygens (including phenoxy) is 1. The van der Waals surface area contributed by atoms with Crippen molar-refractivity contribution in [3.05, 3.63) is 71.3 Å². The largest absolute Gasteiger partial charge is 0.480 e. The molecule has 0 radical (unpaired) electrons. The molecule has 3 rings (SSSR count). The van der Waals surface area contributed by atoms with Crippen molar-refractivity contribution >= 4 is 18.0 Å². The Morgan fingerprint density at radius 1 is 1.10 bits per heavy atom. The first-order chi connectivity index (χ1) is 14.4. The van der Waals surface area contributed by atoms with Gasteiger partial charge in [0.1, 0.15) is 18.7 Å². The van der Waals surface area contributed by atoms with E-state index in [1.807, 2.05) is 61.5 Å². The zero-order chi connectivity index (χ0) is 21.5. The van der Waals surface area contributed by atoms with Gasteiger partial charge < -0.3 is 15.2 Å². The molecule has 2 atom stereocenters. The lowest BCUT2D eigenvalue weighted by molar-refractivity contribution is -0.142. The number of carbonyl (C=O) groups excluding carboxylic acids is 2. The van der Waals surface area contributed by atoms with Gasteiger partial charge in [-0.2, -0.15) is 0 Å². The topological polar surface area (TPSA) is 95.9 Å². The molecule has 0 aliphatic carbocycles. The van der Waals surface area contributed by atoms with Crippen LogP contribution in [0.4, 0.5) is 4.79 Å². The third kappa shape index (κ3) is 5.59. The Kier molecular flexibility index (Phi) is 7.06. The second kappa shape index (κ2) is 9.91. The number of benzene rings is 2. The Balaban J connectivity index is 1.59. The summed E-state index contributed by atoms with van der Waals surface area (Å²) in [6.45, 7) is 2.48. The number of aryl methyl sites for hydroxylation is 1. The van der Waals surface area contributed by atoms with E-state index in [4.69, 9.17) is 4.74 Å². The molecule has 158 valence electrons. The van der Waals surface area contributed by atoms with Gasteiger partial charge in [0.25, 0.3) is 0 Å². The van der Waals surface area contributed by atoms with Crippen LogP contribution in [-0.4, -0.2) is 46.6 Å². The Hall–Kier alpha value is -3.35. The first kappa shape index (κ1) is 21.4. The second-order valence-electron chi connectivity index (χ2n) is 7.48. The molecular weight excluding hydrogens is 384 g/mol. The SMILES string of the molecule is Cc1ccc(C[C@H](NC(=O)[C@H]2CCCN2C(=O)OCc2ccccc2)C(=O)O)cc1. The first-order valence-corrected chi connectivity index (χ1v) is 10.00. The Morgan fingerprint density at radius 3 is 2.47 bits per heavy atom. The number of nitrogens with zero attached hydrogens (tertiary/aromatic N) is 1. The fourth-order valence-corrected chi connectivity index (χ4v) is 3.49. The van der Waals surface area contributed by atoms with Crippen LogP contribution < -0.4 is 5.32 Å². The molecule has 2 aromatic rings. The van der Waals surface area contributed by atoms with Gasteiger partial charge in [-0.15, -0.1) is 0 Å². The van der Waals surface area contributed by atoms with Crippen LogP contribution in [0.5, 0.6) is 0 Å². The Labute approximate surface area is 175 Å². The van der Waals surface area contributed by atoms with Gasteiger partial charge in [0.2, 0.25) is 5.91 Å². The van der Waals surface area contributed by atoms with Crippen LogP contribution in [0.15, 0.2) is 54.6 Å². The van der Waals surface area contributed by atoms with Gasteiger partial charge in [0.15, 0.2) is 0 Å². The monoisotopic (exact) mass is 410 g/mol. The summed E-state index contributed by atoms with van der Waals surface area (Å²) in [6.07, 6.45) is 0.742. The van der Waals surface area contributed by atoms with Crippen molar-refractivity contribution in [3.63, 3.8) is 0 Å². The molecule has 1 aliphatic rings. The van der Waals surface area contributed by atoms with Crippen LogP contribution in [0, 0.1) is 6.92 Å². The first-order valence-electron chi connectivity index (χ1n) is 10.00. The molecule has 0 bridgehead atoms. The summed E-state index contributed by atoms with van der Waals surface area (Å²) in [5.74, 6) is -1.58. The summed E-state index contributed by atoms with van der Waals surface area (Å²) in [6, 6.07) is 15.0. The van der Waals surface area contributed by atoms with E-state index in [1.54, 1.807) is 0 Å². The maximum Gasteiger partial charge on any atom is 0.410 e. The number of carboxylic acids is 1. The van der Waals surface area contributed by atoms with Gasteiger partial charge in [-0.25, -0.2) is 9.59 Å². The van der Waals surface area contributed by atoms with Crippen LogP contribution in [0.25, 0.3) is 0 Å². The van der Waals surface area contributed by atoms with Crippen LogP contribution in [0.3, 0.4) is 0 Å². The third-order valence-electron chi connectivity index (χ3n) is 5.17. The lowest BCUT2D eigenvalue weighted by Crippen LogP contribution is -2.51. The number of nitrogens with one attached hydrogen (secondary N) is 1. The third-order valence-corrected chi connectivity index (χ3v) is 5.17. The van der Waals surface area contributed by atoms with Crippen LogP contribution in [-0.2, 0) is 27.4 Å². The summed E-state index contributed by atoms with van der Waals surface area (Å²) in [7, 11) is 0. The molecule has 30 heavy (non-hydrogen) atoms. The fraction of sp³-hybridized carbons (Fsp3) is 0.348. The van der Waals surface area contributed by atoms with E-state index in [0.717, 1.165) is 16.7 Å². The standard InChI is InChI=1S/C23H26N2O5/c1-16-9-11-17(12-10-16)14-19(22(27)28)24-21(26)20-8-5-13-25(20)23(29)30-15-18-6-3-2-4-7-18/h2-4,6-7,9-12,19-20H,5,8,13-15H2,1H3,(H,24,26)(H,27,28)/t19-,20+/m0/s1. The maximum absolute atomic E-state index is 12.8. The van der Waals surface area contributed by atoms with Gasteiger partial charge in [-0.3, -0.25) is 9.69 Å². The molecule has 0 saturated carbocycles. The summed E-state index contributed by atoms with van der Waals surface area (Å²) in [4.78, 5) is 38.3. The van der Waals surface area contributed by atoms with E-state index in [1.165, 1.54) is 4.90 Å². The zero-order valence-electron chi connectivity index (χ0n) is 16.9. The predicted octanol–water partition coefficient (Wildman–Crippen LogP) is 2.91. The number of rotatable bonds is 7. The molecule has 1 aliphatic heterocycles.